The van der Waals surface area contributed by atoms with E-state index >= 15 is 0 Å². The topological polar surface area (TPSA) is 62.7 Å². The number of hydrogen-bond acceptors (Lipinski definition) is 4. The van der Waals surface area contributed by atoms with Crippen molar-refractivity contribution in [1.29, 1.82) is 5.26 Å². The molecule has 0 aliphatic heterocycles. The highest BCUT2D eigenvalue weighted by molar-refractivity contribution is 6.07. The van der Waals surface area contributed by atoms with Gasteiger partial charge < -0.3 is 4.42 Å². The van der Waals surface area contributed by atoms with E-state index in [4.69, 9.17) is 14.4 Å². The average molecular weight is 580 g/mol. The lowest BCUT2D eigenvalue weighted by atomic mass is 9.67. The highest BCUT2D eigenvalue weighted by Crippen LogP contribution is 2.56. The van der Waals surface area contributed by atoms with E-state index in [0.717, 1.165) is 62.8 Å². The lowest BCUT2D eigenvalue weighted by Crippen LogP contribution is -2.28. The maximum Gasteiger partial charge on any atom is 0.180 e. The minimum atomic E-state index is -0.00506. The van der Waals surface area contributed by atoms with Crippen LogP contribution >= 0.6 is 0 Å². The lowest BCUT2D eigenvalue weighted by Gasteiger charge is -2.36. The van der Waals surface area contributed by atoms with E-state index in [1.165, 1.54) is 41.5 Å². The van der Waals surface area contributed by atoms with Gasteiger partial charge in [0.2, 0.25) is 0 Å². The molecule has 214 valence electrons. The molecule has 2 aliphatic carbocycles. The molecule has 0 radical (unpaired) electrons. The summed E-state index contributed by atoms with van der Waals surface area (Å²) < 4.78 is 6.35. The van der Waals surface area contributed by atoms with Crippen molar-refractivity contribution in [2.45, 2.75) is 37.5 Å². The first-order chi connectivity index (χ1) is 22.2. The molecule has 0 saturated heterocycles. The Morgan fingerprint density at radius 3 is 2.24 bits per heavy atom. The van der Waals surface area contributed by atoms with Crippen molar-refractivity contribution in [3.63, 3.8) is 0 Å². The molecule has 0 bridgehead atoms. The third-order valence-electron chi connectivity index (χ3n) is 9.94. The van der Waals surface area contributed by atoms with Crippen LogP contribution in [-0.4, -0.2) is 9.97 Å². The Kier molecular flexibility index (Phi) is 5.76. The molecule has 0 amide bonds. The molecule has 2 aliphatic rings. The molecule has 5 aromatic carbocycles. The second-order valence-corrected chi connectivity index (χ2v) is 12.4. The first-order valence-corrected chi connectivity index (χ1v) is 15.8. The number of furan rings is 1. The van der Waals surface area contributed by atoms with E-state index in [-0.39, 0.29) is 5.41 Å². The number of fused-ring (bicyclic) bond motifs is 8. The first-order valence-electron chi connectivity index (χ1n) is 15.8. The summed E-state index contributed by atoms with van der Waals surface area (Å²) in [7, 11) is 0. The van der Waals surface area contributed by atoms with Crippen LogP contribution in [-0.2, 0) is 5.41 Å². The SMILES string of the molecule is N#Cc1ccc2c(c1)C1(CCCCC1)c1ccc(-c3ccccc3-c3nc(-c4ccccc4)c4oc5ccccc5c4n3)cc1-2. The number of aromatic nitrogens is 2. The molecule has 9 rings (SSSR count). The molecule has 1 saturated carbocycles. The average Bonchev–Trinajstić information content (AvgIpc) is 3.61. The predicted molar refractivity (Wildman–Crippen MR) is 180 cm³/mol. The van der Waals surface area contributed by atoms with Gasteiger partial charge in [0.05, 0.1) is 11.6 Å². The lowest BCUT2D eigenvalue weighted by molar-refractivity contribution is 0.353. The molecule has 0 N–H and O–H groups in total. The van der Waals surface area contributed by atoms with Gasteiger partial charge in [0.25, 0.3) is 0 Å². The normalized spacial score (nSPS) is 14.8. The zero-order chi connectivity index (χ0) is 30.0. The molecule has 1 fully saturated rings. The summed E-state index contributed by atoms with van der Waals surface area (Å²) >= 11 is 0. The summed E-state index contributed by atoms with van der Waals surface area (Å²) in [5.41, 5.74) is 13.3. The van der Waals surface area contributed by atoms with Crippen LogP contribution in [0.2, 0.25) is 0 Å². The summed E-state index contributed by atoms with van der Waals surface area (Å²) in [6, 6.07) is 42.4. The van der Waals surface area contributed by atoms with Crippen LogP contribution < -0.4 is 0 Å². The molecule has 0 atom stereocenters. The maximum absolute atomic E-state index is 9.74. The Morgan fingerprint density at radius 1 is 0.622 bits per heavy atom. The van der Waals surface area contributed by atoms with Crippen LogP contribution in [0.3, 0.4) is 0 Å². The summed E-state index contributed by atoms with van der Waals surface area (Å²) in [4.78, 5) is 10.3. The minimum Gasteiger partial charge on any atom is -0.452 e. The van der Waals surface area contributed by atoms with Gasteiger partial charge in [-0.15, -0.1) is 0 Å². The van der Waals surface area contributed by atoms with Crippen LogP contribution in [0.4, 0.5) is 0 Å². The largest absolute Gasteiger partial charge is 0.452 e. The van der Waals surface area contributed by atoms with E-state index in [1.807, 2.05) is 42.5 Å². The van der Waals surface area contributed by atoms with Crippen LogP contribution in [0.1, 0.15) is 48.8 Å². The molecule has 2 aromatic heterocycles. The highest BCUT2D eigenvalue weighted by Gasteiger charge is 2.44. The fourth-order valence-corrected chi connectivity index (χ4v) is 7.87. The standard InChI is InChI=1S/C41H29N3O/c42-25-26-17-19-30-33-24-28(18-20-34(33)41(35(30)23-26)21-9-2-10-22-41)29-13-5-6-14-31(29)40-43-37(27-11-3-1-4-12-27)39-38(44-40)32-15-7-8-16-36(32)45-39/h1,3-8,11-20,23-24H,2,9-10,21-22H2. The van der Waals surface area contributed by atoms with Crippen molar-refractivity contribution in [1.82, 2.24) is 9.97 Å². The summed E-state index contributed by atoms with van der Waals surface area (Å²) in [5.74, 6) is 0.673. The Labute approximate surface area is 261 Å². The van der Waals surface area contributed by atoms with Crippen LogP contribution in [0.15, 0.2) is 120 Å². The second-order valence-electron chi connectivity index (χ2n) is 12.4. The zero-order valence-electron chi connectivity index (χ0n) is 24.8. The highest BCUT2D eigenvalue weighted by atomic mass is 16.3. The quantitative estimate of drug-likeness (QED) is 0.209. The second kappa shape index (κ2) is 10.0. The van der Waals surface area contributed by atoms with Gasteiger partial charge in [0.15, 0.2) is 11.4 Å². The number of nitriles is 1. The Hall–Kier alpha value is -5.53. The number of hydrogen-bond donors (Lipinski definition) is 0. The van der Waals surface area contributed by atoms with Crippen molar-refractivity contribution in [3.05, 3.63) is 132 Å². The summed E-state index contributed by atoms with van der Waals surface area (Å²) in [6.45, 7) is 0. The van der Waals surface area contributed by atoms with E-state index in [9.17, 15) is 5.26 Å². The predicted octanol–water partition coefficient (Wildman–Crippen LogP) is 10.5. The van der Waals surface area contributed by atoms with E-state index in [0.29, 0.717) is 11.4 Å². The zero-order valence-corrected chi connectivity index (χ0v) is 24.8. The van der Waals surface area contributed by atoms with Crippen LogP contribution in [0.5, 0.6) is 0 Å². The Bertz CT molecular complexity index is 2320. The number of para-hydroxylation sites is 1. The van der Waals surface area contributed by atoms with Crippen molar-refractivity contribution >= 4 is 22.1 Å². The van der Waals surface area contributed by atoms with Crippen LogP contribution in [0, 0.1) is 11.3 Å². The third-order valence-corrected chi connectivity index (χ3v) is 9.94. The number of rotatable bonds is 3. The van der Waals surface area contributed by atoms with Gasteiger partial charge in [-0.2, -0.15) is 5.26 Å². The number of benzene rings is 5. The summed E-state index contributed by atoms with van der Waals surface area (Å²) in [6.07, 6.45) is 5.97. The van der Waals surface area contributed by atoms with Gasteiger partial charge in [0.1, 0.15) is 16.8 Å². The summed E-state index contributed by atoms with van der Waals surface area (Å²) in [5, 5.41) is 10.7. The molecular formula is C41H29N3O. The fraction of sp³-hybridized carbons (Fsp3) is 0.146. The van der Waals surface area contributed by atoms with Crippen molar-refractivity contribution in [3.8, 4) is 51.0 Å². The van der Waals surface area contributed by atoms with E-state index < -0.39 is 0 Å². The Balaban J connectivity index is 1.25. The van der Waals surface area contributed by atoms with Crippen molar-refractivity contribution in [2.75, 3.05) is 0 Å². The van der Waals surface area contributed by atoms with Crippen molar-refractivity contribution in [2.24, 2.45) is 0 Å². The molecular weight excluding hydrogens is 550 g/mol. The first kappa shape index (κ1) is 25.9. The van der Waals surface area contributed by atoms with Gasteiger partial charge in [-0.25, -0.2) is 9.97 Å². The van der Waals surface area contributed by atoms with Gasteiger partial charge >= 0.3 is 0 Å². The van der Waals surface area contributed by atoms with Gasteiger partial charge in [-0.1, -0.05) is 104 Å². The molecule has 4 nitrogen and oxygen atoms in total. The van der Waals surface area contributed by atoms with Crippen LogP contribution in [0.25, 0.3) is 67.0 Å². The van der Waals surface area contributed by atoms with Gasteiger partial charge in [0, 0.05) is 21.9 Å². The molecule has 4 heteroatoms. The van der Waals surface area contributed by atoms with E-state index in [1.54, 1.807) is 0 Å². The minimum absolute atomic E-state index is 0.00506. The molecule has 7 aromatic rings. The molecule has 0 unspecified atom stereocenters. The smallest absolute Gasteiger partial charge is 0.180 e. The number of nitrogens with zero attached hydrogens (tertiary/aromatic N) is 3. The Morgan fingerprint density at radius 2 is 1.40 bits per heavy atom. The fourth-order valence-electron chi connectivity index (χ4n) is 7.87. The van der Waals surface area contributed by atoms with E-state index in [2.05, 4.69) is 78.9 Å². The van der Waals surface area contributed by atoms with Gasteiger partial charge in [-0.05, 0) is 76.6 Å². The monoisotopic (exact) mass is 579 g/mol. The van der Waals surface area contributed by atoms with Crippen molar-refractivity contribution < 1.29 is 4.42 Å². The maximum atomic E-state index is 9.74. The van der Waals surface area contributed by atoms with Gasteiger partial charge in [-0.3, -0.25) is 0 Å². The molecule has 2 heterocycles. The third kappa shape index (κ3) is 3.90. The molecule has 45 heavy (non-hydrogen) atoms. The molecule has 1 spiro atoms.